The second-order valence-electron chi connectivity index (χ2n) is 5.09. The molecule has 20 heavy (non-hydrogen) atoms. The molecule has 0 aliphatic carbocycles. The maximum absolute atomic E-state index is 11.9. The largest absolute Gasteiger partial charge is 0.476 e. The van der Waals surface area contributed by atoms with Crippen LogP contribution in [0.4, 0.5) is 5.13 Å². The molecule has 0 radical (unpaired) electrons. The Morgan fingerprint density at radius 1 is 1.20 bits per heavy atom. The number of nitrogens with one attached hydrogen (secondary N) is 1. The van der Waals surface area contributed by atoms with Crippen LogP contribution in [0.25, 0.3) is 0 Å². The van der Waals surface area contributed by atoms with Crippen molar-refractivity contribution < 1.29 is 14.7 Å². The van der Waals surface area contributed by atoms with Gasteiger partial charge in [0.25, 0.3) is 5.91 Å². The van der Waals surface area contributed by atoms with Crippen molar-refractivity contribution >= 4 is 39.7 Å². The van der Waals surface area contributed by atoms with E-state index in [2.05, 4.69) is 15.3 Å². The number of amides is 1. The molecule has 2 N–H and O–H groups in total. The Morgan fingerprint density at radius 3 is 2.40 bits per heavy atom. The van der Waals surface area contributed by atoms with Crippen LogP contribution in [-0.4, -0.2) is 27.0 Å². The Balaban J connectivity index is 2.11. The summed E-state index contributed by atoms with van der Waals surface area (Å²) in [5.41, 5.74) is 0.676. The van der Waals surface area contributed by atoms with Crippen LogP contribution < -0.4 is 5.32 Å². The Labute approximate surface area is 123 Å². The number of carboxylic acids is 1. The van der Waals surface area contributed by atoms with Crippen LogP contribution in [0.1, 0.15) is 46.8 Å². The van der Waals surface area contributed by atoms with E-state index in [0.717, 1.165) is 17.0 Å². The monoisotopic (exact) mass is 311 g/mol. The Kier molecular flexibility index (Phi) is 3.87. The van der Waals surface area contributed by atoms with E-state index in [9.17, 15) is 9.59 Å². The van der Waals surface area contributed by atoms with Crippen molar-refractivity contribution in [2.75, 3.05) is 5.32 Å². The SMILES string of the molecule is CC(C)(C)c1csc(NC(=O)c2nc(C(=O)O)cs2)n1. The zero-order valence-corrected chi connectivity index (χ0v) is 12.8. The number of carbonyl (C=O) groups is 2. The highest BCUT2D eigenvalue weighted by molar-refractivity contribution is 7.14. The number of anilines is 1. The molecule has 2 aromatic heterocycles. The first-order chi connectivity index (χ1) is 9.27. The maximum Gasteiger partial charge on any atom is 0.355 e. The number of carbonyl (C=O) groups excluding carboxylic acids is 1. The number of rotatable bonds is 3. The fourth-order valence-electron chi connectivity index (χ4n) is 1.30. The third kappa shape index (κ3) is 3.20. The summed E-state index contributed by atoms with van der Waals surface area (Å²) in [6.45, 7) is 6.11. The van der Waals surface area contributed by atoms with Gasteiger partial charge in [0.2, 0.25) is 0 Å². The number of aromatic carboxylic acids is 1. The number of hydrogen-bond acceptors (Lipinski definition) is 6. The second kappa shape index (κ2) is 5.29. The minimum atomic E-state index is -1.15. The molecule has 0 saturated carbocycles. The third-order valence-electron chi connectivity index (χ3n) is 2.41. The number of carboxylic acid groups (broad SMARTS) is 1. The molecule has 0 bridgehead atoms. The fraction of sp³-hybridized carbons (Fsp3) is 0.333. The molecule has 0 atom stereocenters. The van der Waals surface area contributed by atoms with Gasteiger partial charge in [0, 0.05) is 16.2 Å². The highest BCUT2D eigenvalue weighted by Crippen LogP contribution is 2.26. The topological polar surface area (TPSA) is 92.2 Å². The number of nitrogens with zero attached hydrogens (tertiary/aromatic N) is 2. The molecule has 0 aliphatic heterocycles. The molecule has 0 aromatic carbocycles. The van der Waals surface area contributed by atoms with Gasteiger partial charge in [-0.1, -0.05) is 20.8 Å². The van der Waals surface area contributed by atoms with Crippen molar-refractivity contribution in [1.29, 1.82) is 0 Å². The first kappa shape index (κ1) is 14.6. The Bertz CT molecular complexity index is 655. The van der Waals surface area contributed by atoms with E-state index in [1.165, 1.54) is 16.7 Å². The summed E-state index contributed by atoms with van der Waals surface area (Å²) in [6, 6.07) is 0. The Hall–Kier alpha value is -1.80. The smallest absolute Gasteiger partial charge is 0.355 e. The first-order valence-electron chi connectivity index (χ1n) is 5.73. The van der Waals surface area contributed by atoms with Crippen molar-refractivity contribution in [2.45, 2.75) is 26.2 Å². The highest BCUT2D eigenvalue weighted by Gasteiger charge is 2.20. The fourth-order valence-corrected chi connectivity index (χ4v) is 2.92. The average molecular weight is 311 g/mol. The summed E-state index contributed by atoms with van der Waals surface area (Å²) in [5.74, 6) is -1.60. The summed E-state index contributed by atoms with van der Waals surface area (Å²) in [7, 11) is 0. The van der Waals surface area contributed by atoms with E-state index < -0.39 is 11.9 Å². The normalized spacial score (nSPS) is 11.3. The molecule has 0 unspecified atom stereocenters. The average Bonchev–Trinajstić information content (AvgIpc) is 2.95. The van der Waals surface area contributed by atoms with Gasteiger partial charge in [-0.05, 0) is 0 Å². The van der Waals surface area contributed by atoms with E-state index in [1.807, 2.05) is 26.2 Å². The third-order valence-corrected chi connectivity index (χ3v) is 4.01. The molecule has 2 heterocycles. The molecule has 6 nitrogen and oxygen atoms in total. The van der Waals surface area contributed by atoms with Crippen molar-refractivity contribution in [3.05, 3.63) is 27.2 Å². The molecule has 2 aromatic rings. The molecule has 8 heteroatoms. The van der Waals surface area contributed by atoms with Gasteiger partial charge < -0.3 is 5.11 Å². The van der Waals surface area contributed by atoms with Gasteiger partial charge in [-0.3, -0.25) is 10.1 Å². The van der Waals surface area contributed by atoms with E-state index in [1.54, 1.807) is 0 Å². The van der Waals surface area contributed by atoms with Gasteiger partial charge in [-0.2, -0.15) is 0 Å². The quantitative estimate of drug-likeness (QED) is 0.909. The zero-order chi connectivity index (χ0) is 14.9. The van der Waals surface area contributed by atoms with Crippen LogP contribution in [0.5, 0.6) is 0 Å². The van der Waals surface area contributed by atoms with Crippen molar-refractivity contribution in [2.24, 2.45) is 0 Å². The number of thiazole rings is 2. The lowest BCUT2D eigenvalue weighted by molar-refractivity contribution is 0.0691. The first-order valence-corrected chi connectivity index (χ1v) is 7.49. The van der Waals surface area contributed by atoms with Crippen LogP contribution in [0.2, 0.25) is 0 Å². The lowest BCUT2D eigenvalue weighted by Crippen LogP contribution is -2.14. The molecule has 106 valence electrons. The van der Waals surface area contributed by atoms with Crippen LogP contribution >= 0.6 is 22.7 Å². The summed E-state index contributed by atoms with van der Waals surface area (Å²) in [6.07, 6.45) is 0. The van der Waals surface area contributed by atoms with Crippen molar-refractivity contribution in [1.82, 2.24) is 9.97 Å². The summed E-state index contributed by atoms with van der Waals surface area (Å²) in [5, 5.41) is 15.2. The van der Waals surface area contributed by atoms with Crippen LogP contribution in [0.15, 0.2) is 10.8 Å². The molecular weight excluding hydrogens is 298 g/mol. The van der Waals surface area contributed by atoms with E-state index in [-0.39, 0.29) is 16.1 Å². The van der Waals surface area contributed by atoms with Crippen molar-refractivity contribution in [3.63, 3.8) is 0 Å². The van der Waals surface area contributed by atoms with Crippen LogP contribution in [0, 0.1) is 0 Å². The minimum Gasteiger partial charge on any atom is -0.476 e. The number of hydrogen-bond donors (Lipinski definition) is 2. The molecule has 0 fully saturated rings. The van der Waals surface area contributed by atoms with Gasteiger partial charge in [0.15, 0.2) is 15.8 Å². The van der Waals surface area contributed by atoms with Crippen LogP contribution in [0.3, 0.4) is 0 Å². The molecule has 2 rings (SSSR count). The van der Waals surface area contributed by atoms with E-state index in [0.29, 0.717) is 5.13 Å². The molecule has 0 saturated heterocycles. The molecular formula is C12H13N3O3S2. The second-order valence-corrected chi connectivity index (χ2v) is 6.80. The summed E-state index contributed by atoms with van der Waals surface area (Å²) >= 11 is 2.32. The summed E-state index contributed by atoms with van der Waals surface area (Å²) < 4.78 is 0. The lowest BCUT2D eigenvalue weighted by atomic mass is 9.93. The van der Waals surface area contributed by atoms with E-state index >= 15 is 0 Å². The lowest BCUT2D eigenvalue weighted by Gasteiger charge is -2.14. The van der Waals surface area contributed by atoms with E-state index in [4.69, 9.17) is 5.11 Å². The Morgan fingerprint density at radius 2 is 1.90 bits per heavy atom. The van der Waals surface area contributed by atoms with Gasteiger partial charge >= 0.3 is 5.97 Å². The predicted octanol–water partition coefficient (Wildman–Crippen LogP) is 2.85. The molecule has 0 aliphatic rings. The summed E-state index contributed by atoms with van der Waals surface area (Å²) in [4.78, 5) is 30.7. The highest BCUT2D eigenvalue weighted by atomic mass is 32.1. The van der Waals surface area contributed by atoms with Gasteiger partial charge in [-0.15, -0.1) is 22.7 Å². The van der Waals surface area contributed by atoms with Crippen LogP contribution in [-0.2, 0) is 5.41 Å². The van der Waals surface area contributed by atoms with Crippen molar-refractivity contribution in [3.8, 4) is 0 Å². The predicted molar refractivity (Wildman–Crippen MR) is 77.8 cm³/mol. The molecule has 1 amide bonds. The number of aromatic nitrogens is 2. The molecule has 0 spiro atoms. The van der Waals surface area contributed by atoms with Gasteiger partial charge in [0.05, 0.1) is 5.69 Å². The minimum absolute atomic E-state index is 0.0862. The standard InChI is InChI=1S/C12H13N3O3S2/c1-12(2,3)7-5-20-11(14-7)15-8(16)9-13-6(4-19-9)10(17)18/h4-5H,1-3H3,(H,17,18)(H,14,15,16). The van der Waals surface area contributed by atoms with Gasteiger partial charge in [0.1, 0.15) is 0 Å². The maximum atomic E-state index is 11.9. The zero-order valence-electron chi connectivity index (χ0n) is 11.1. The van der Waals surface area contributed by atoms with Gasteiger partial charge in [-0.25, -0.2) is 14.8 Å².